The Morgan fingerprint density at radius 1 is 1.44 bits per heavy atom. The van der Waals surface area contributed by atoms with Crippen LogP contribution in [0.3, 0.4) is 0 Å². The number of nitrogens with zero attached hydrogens (tertiary/aromatic N) is 2. The molecule has 0 saturated heterocycles. The standard InChI is InChI=1S/C14H17N3O/c15-14-4-1-11-9-12(2-3-13(11)14)18-8-7-17-6-5-16-10-17/h2-3,5-6,9-10,14H,1,4,7-8,15H2/t14-/m0/s1. The molecule has 18 heavy (non-hydrogen) atoms. The number of aromatic nitrogens is 2. The molecule has 0 aliphatic heterocycles. The molecule has 1 atom stereocenters. The minimum absolute atomic E-state index is 0.208. The monoisotopic (exact) mass is 243 g/mol. The second-order valence-electron chi connectivity index (χ2n) is 4.65. The topological polar surface area (TPSA) is 53.1 Å². The summed E-state index contributed by atoms with van der Waals surface area (Å²) in [7, 11) is 0. The highest BCUT2D eigenvalue weighted by molar-refractivity contribution is 5.40. The van der Waals surface area contributed by atoms with E-state index in [2.05, 4.69) is 17.1 Å². The fraction of sp³-hybridized carbons (Fsp3) is 0.357. The molecule has 0 saturated carbocycles. The summed E-state index contributed by atoms with van der Waals surface area (Å²) in [5.74, 6) is 0.933. The van der Waals surface area contributed by atoms with Crippen molar-refractivity contribution in [3.63, 3.8) is 0 Å². The minimum Gasteiger partial charge on any atom is -0.492 e. The highest BCUT2D eigenvalue weighted by Crippen LogP contribution is 2.31. The molecule has 1 heterocycles. The lowest BCUT2D eigenvalue weighted by Gasteiger charge is -2.09. The summed E-state index contributed by atoms with van der Waals surface area (Å²) in [6, 6.07) is 6.44. The molecule has 0 bridgehead atoms. The van der Waals surface area contributed by atoms with Crippen molar-refractivity contribution in [1.82, 2.24) is 9.55 Å². The van der Waals surface area contributed by atoms with E-state index in [-0.39, 0.29) is 6.04 Å². The van der Waals surface area contributed by atoms with Gasteiger partial charge in [0, 0.05) is 18.4 Å². The van der Waals surface area contributed by atoms with Gasteiger partial charge in [-0.25, -0.2) is 4.98 Å². The predicted molar refractivity (Wildman–Crippen MR) is 69.4 cm³/mol. The van der Waals surface area contributed by atoms with E-state index in [1.165, 1.54) is 11.1 Å². The Morgan fingerprint density at radius 3 is 3.22 bits per heavy atom. The third-order valence-electron chi connectivity index (χ3n) is 3.42. The molecule has 94 valence electrons. The van der Waals surface area contributed by atoms with E-state index >= 15 is 0 Å². The number of imidazole rings is 1. The third-order valence-corrected chi connectivity index (χ3v) is 3.42. The molecule has 1 aromatic heterocycles. The molecule has 4 heteroatoms. The van der Waals surface area contributed by atoms with Gasteiger partial charge in [-0.15, -0.1) is 0 Å². The van der Waals surface area contributed by atoms with Crippen molar-refractivity contribution in [2.75, 3.05) is 6.61 Å². The average molecular weight is 243 g/mol. The van der Waals surface area contributed by atoms with Crippen molar-refractivity contribution in [1.29, 1.82) is 0 Å². The van der Waals surface area contributed by atoms with Crippen LogP contribution in [0.4, 0.5) is 0 Å². The molecule has 0 spiro atoms. The summed E-state index contributed by atoms with van der Waals surface area (Å²) in [5.41, 5.74) is 8.62. The summed E-state index contributed by atoms with van der Waals surface area (Å²) in [6.07, 6.45) is 7.62. The van der Waals surface area contributed by atoms with Crippen molar-refractivity contribution in [3.05, 3.63) is 48.0 Å². The van der Waals surface area contributed by atoms with E-state index in [0.29, 0.717) is 6.61 Å². The first-order chi connectivity index (χ1) is 8.83. The first-order valence-corrected chi connectivity index (χ1v) is 6.30. The zero-order valence-electron chi connectivity index (χ0n) is 10.2. The van der Waals surface area contributed by atoms with E-state index < -0.39 is 0 Å². The van der Waals surface area contributed by atoms with Crippen LogP contribution in [0.1, 0.15) is 23.6 Å². The van der Waals surface area contributed by atoms with Crippen molar-refractivity contribution in [2.45, 2.75) is 25.4 Å². The number of benzene rings is 1. The molecule has 1 aliphatic rings. The first-order valence-electron chi connectivity index (χ1n) is 6.30. The van der Waals surface area contributed by atoms with Crippen LogP contribution in [0, 0.1) is 0 Å². The van der Waals surface area contributed by atoms with Crippen molar-refractivity contribution < 1.29 is 4.74 Å². The number of nitrogens with two attached hydrogens (primary N) is 1. The zero-order chi connectivity index (χ0) is 12.4. The van der Waals surface area contributed by atoms with Crippen molar-refractivity contribution in [2.24, 2.45) is 5.73 Å². The molecule has 0 unspecified atom stereocenters. The average Bonchev–Trinajstić information content (AvgIpc) is 3.00. The highest BCUT2D eigenvalue weighted by atomic mass is 16.5. The third kappa shape index (κ3) is 2.24. The Kier molecular flexibility index (Phi) is 3.02. The Hall–Kier alpha value is -1.81. The van der Waals surface area contributed by atoms with E-state index in [4.69, 9.17) is 10.5 Å². The maximum atomic E-state index is 6.01. The van der Waals surface area contributed by atoms with Gasteiger partial charge in [0.15, 0.2) is 0 Å². The van der Waals surface area contributed by atoms with Crippen LogP contribution in [0.15, 0.2) is 36.9 Å². The second kappa shape index (κ2) is 4.82. The molecular formula is C14H17N3O. The Labute approximate surface area is 106 Å². The number of aryl methyl sites for hydroxylation is 1. The van der Waals surface area contributed by atoms with Crippen LogP contribution in [0.25, 0.3) is 0 Å². The Bertz CT molecular complexity index is 522. The van der Waals surface area contributed by atoms with Crippen LogP contribution >= 0.6 is 0 Å². The number of hydrogen-bond acceptors (Lipinski definition) is 3. The zero-order valence-corrected chi connectivity index (χ0v) is 10.2. The summed E-state index contributed by atoms with van der Waals surface area (Å²) >= 11 is 0. The SMILES string of the molecule is N[C@H]1CCc2cc(OCCn3ccnc3)ccc21. The smallest absolute Gasteiger partial charge is 0.119 e. The van der Waals surface area contributed by atoms with Crippen LogP contribution in [0.5, 0.6) is 5.75 Å². The quantitative estimate of drug-likeness (QED) is 0.892. The predicted octanol–water partition coefficient (Wildman–Crippen LogP) is 1.91. The number of ether oxygens (including phenoxy) is 1. The van der Waals surface area contributed by atoms with Gasteiger partial charge in [-0.2, -0.15) is 0 Å². The Morgan fingerprint density at radius 2 is 2.39 bits per heavy atom. The fourth-order valence-corrected chi connectivity index (χ4v) is 2.40. The van der Waals surface area contributed by atoms with Gasteiger partial charge in [-0.1, -0.05) is 6.07 Å². The van der Waals surface area contributed by atoms with Gasteiger partial charge in [0.25, 0.3) is 0 Å². The lowest BCUT2D eigenvalue weighted by molar-refractivity contribution is 0.298. The maximum absolute atomic E-state index is 6.01. The summed E-state index contributed by atoms with van der Waals surface area (Å²) < 4.78 is 7.75. The van der Waals surface area contributed by atoms with E-state index in [1.807, 2.05) is 16.8 Å². The minimum atomic E-state index is 0.208. The summed E-state index contributed by atoms with van der Waals surface area (Å²) in [5, 5.41) is 0. The molecule has 2 N–H and O–H groups in total. The molecule has 1 aromatic carbocycles. The molecule has 0 radical (unpaired) electrons. The molecule has 0 fully saturated rings. The highest BCUT2D eigenvalue weighted by Gasteiger charge is 2.18. The number of rotatable bonds is 4. The van der Waals surface area contributed by atoms with Gasteiger partial charge >= 0.3 is 0 Å². The lowest BCUT2D eigenvalue weighted by Crippen LogP contribution is -2.07. The fourth-order valence-electron chi connectivity index (χ4n) is 2.40. The summed E-state index contributed by atoms with van der Waals surface area (Å²) in [6.45, 7) is 1.47. The molecule has 3 rings (SSSR count). The molecule has 1 aliphatic carbocycles. The van der Waals surface area contributed by atoms with E-state index in [9.17, 15) is 0 Å². The molecular weight excluding hydrogens is 226 g/mol. The van der Waals surface area contributed by atoms with Gasteiger partial charge < -0.3 is 15.0 Å². The van der Waals surface area contributed by atoms with Gasteiger partial charge in [0.2, 0.25) is 0 Å². The number of hydrogen-bond donors (Lipinski definition) is 1. The summed E-state index contributed by atoms with van der Waals surface area (Å²) in [4.78, 5) is 4.00. The molecule has 2 aromatic rings. The molecule has 0 amide bonds. The van der Waals surface area contributed by atoms with Crippen LogP contribution in [-0.2, 0) is 13.0 Å². The Balaban J connectivity index is 1.60. The van der Waals surface area contributed by atoms with Gasteiger partial charge in [-0.3, -0.25) is 0 Å². The van der Waals surface area contributed by atoms with Gasteiger partial charge in [0.1, 0.15) is 12.4 Å². The molecule has 4 nitrogen and oxygen atoms in total. The van der Waals surface area contributed by atoms with Gasteiger partial charge in [0.05, 0.1) is 12.9 Å². The number of fused-ring (bicyclic) bond motifs is 1. The van der Waals surface area contributed by atoms with Crippen LogP contribution in [-0.4, -0.2) is 16.2 Å². The van der Waals surface area contributed by atoms with E-state index in [1.54, 1.807) is 12.5 Å². The van der Waals surface area contributed by atoms with Gasteiger partial charge in [-0.05, 0) is 36.1 Å². The maximum Gasteiger partial charge on any atom is 0.119 e. The normalized spacial score (nSPS) is 17.7. The van der Waals surface area contributed by atoms with Crippen molar-refractivity contribution >= 4 is 0 Å². The van der Waals surface area contributed by atoms with Crippen LogP contribution in [0.2, 0.25) is 0 Å². The first kappa shape index (κ1) is 11.3. The largest absolute Gasteiger partial charge is 0.492 e. The second-order valence-corrected chi connectivity index (χ2v) is 4.65. The van der Waals surface area contributed by atoms with Crippen molar-refractivity contribution in [3.8, 4) is 5.75 Å². The van der Waals surface area contributed by atoms with Crippen LogP contribution < -0.4 is 10.5 Å². The lowest BCUT2D eigenvalue weighted by atomic mass is 10.1. The van der Waals surface area contributed by atoms with E-state index in [0.717, 1.165) is 25.1 Å².